The summed E-state index contributed by atoms with van der Waals surface area (Å²) < 4.78 is 18.9. The number of carbonyl (C=O) groups is 1. The molecule has 4 nitrogen and oxygen atoms in total. The lowest BCUT2D eigenvalue weighted by Gasteiger charge is -2.12. The van der Waals surface area contributed by atoms with Gasteiger partial charge in [0.15, 0.2) is 0 Å². The van der Waals surface area contributed by atoms with E-state index in [1.165, 1.54) is 17.8 Å². The standard InChI is InChI=1S/C13H17FN2O2S/c1-19-12-5-4-9(7-11(12)14)16-13(17)15-8-10-3-2-6-18-10/h4-5,7,10H,2-3,6,8H2,1H3,(H2,15,16,17)/t10-/m0/s1. The monoisotopic (exact) mass is 284 g/mol. The van der Waals surface area contributed by atoms with Crippen LogP contribution in [0, 0.1) is 5.82 Å². The summed E-state index contributed by atoms with van der Waals surface area (Å²) in [7, 11) is 0. The van der Waals surface area contributed by atoms with E-state index in [4.69, 9.17) is 4.74 Å². The fraction of sp³-hybridized carbons (Fsp3) is 0.462. The van der Waals surface area contributed by atoms with Crippen LogP contribution in [-0.4, -0.2) is 31.5 Å². The van der Waals surface area contributed by atoms with Crippen LogP contribution in [0.1, 0.15) is 12.8 Å². The number of benzene rings is 1. The van der Waals surface area contributed by atoms with Crippen molar-refractivity contribution in [3.8, 4) is 0 Å². The van der Waals surface area contributed by atoms with Crippen molar-refractivity contribution in [1.82, 2.24) is 5.32 Å². The number of nitrogens with one attached hydrogen (secondary N) is 2. The van der Waals surface area contributed by atoms with Crippen molar-refractivity contribution in [1.29, 1.82) is 0 Å². The summed E-state index contributed by atoms with van der Waals surface area (Å²) >= 11 is 1.33. The highest BCUT2D eigenvalue weighted by atomic mass is 32.2. The van der Waals surface area contributed by atoms with Crippen molar-refractivity contribution in [2.45, 2.75) is 23.8 Å². The first-order valence-electron chi connectivity index (χ1n) is 6.19. The number of amides is 2. The summed E-state index contributed by atoms with van der Waals surface area (Å²) in [5.41, 5.74) is 0.445. The molecule has 0 unspecified atom stereocenters. The molecule has 1 aromatic carbocycles. The van der Waals surface area contributed by atoms with Gasteiger partial charge in [0.1, 0.15) is 5.82 Å². The van der Waals surface area contributed by atoms with Gasteiger partial charge in [-0.15, -0.1) is 11.8 Å². The predicted octanol–water partition coefficient (Wildman–Crippen LogP) is 2.85. The maximum Gasteiger partial charge on any atom is 0.319 e. The Morgan fingerprint density at radius 1 is 1.58 bits per heavy atom. The molecule has 1 aliphatic heterocycles. The molecule has 19 heavy (non-hydrogen) atoms. The van der Waals surface area contributed by atoms with Gasteiger partial charge in [-0.25, -0.2) is 9.18 Å². The van der Waals surface area contributed by atoms with Crippen molar-refractivity contribution in [3.05, 3.63) is 24.0 Å². The Morgan fingerprint density at radius 2 is 2.42 bits per heavy atom. The molecule has 0 radical (unpaired) electrons. The minimum Gasteiger partial charge on any atom is -0.376 e. The maximum atomic E-state index is 13.5. The zero-order valence-electron chi connectivity index (χ0n) is 10.7. The molecule has 2 rings (SSSR count). The molecule has 1 heterocycles. The molecule has 1 atom stereocenters. The van der Waals surface area contributed by atoms with Crippen LogP contribution in [0.25, 0.3) is 0 Å². The van der Waals surface area contributed by atoms with E-state index < -0.39 is 0 Å². The molecular weight excluding hydrogens is 267 g/mol. The summed E-state index contributed by atoms with van der Waals surface area (Å²) in [6.45, 7) is 1.24. The summed E-state index contributed by atoms with van der Waals surface area (Å²) in [5, 5.41) is 5.32. The van der Waals surface area contributed by atoms with Gasteiger partial charge in [-0.1, -0.05) is 0 Å². The minimum absolute atomic E-state index is 0.0985. The molecule has 0 bridgehead atoms. The number of thioether (sulfide) groups is 1. The Balaban J connectivity index is 1.82. The van der Waals surface area contributed by atoms with Crippen LogP contribution in [0.3, 0.4) is 0 Å². The maximum absolute atomic E-state index is 13.5. The second kappa shape index (κ2) is 6.77. The van der Waals surface area contributed by atoms with Gasteiger partial charge < -0.3 is 15.4 Å². The van der Waals surface area contributed by atoms with Crippen LogP contribution >= 0.6 is 11.8 Å². The lowest BCUT2D eigenvalue weighted by molar-refractivity contribution is 0.112. The second-order valence-electron chi connectivity index (χ2n) is 4.32. The summed E-state index contributed by atoms with van der Waals surface area (Å²) in [6, 6.07) is 4.31. The molecule has 0 aromatic heterocycles. The zero-order chi connectivity index (χ0) is 13.7. The molecule has 0 spiro atoms. The molecule has 2 N–H and O–H groups in total. The van der Waals surface area contributed by atoms with Gasteiger partial charge in [0, 0.05) is 23.7 Å². The number of carbonyl (C=O) groups excluding carboxylic acids is 1. The van der Waals surface area contributed by atoms with E-state index in [-0.39, 0.29) is 18.0 Å². The van der Waals surface area contributed by atoms with Gasteiger partial charge in [0.05, 0.1) is 6.10 Å². The first-order chi connectivity index (χ1) is 9.19. The van der Waals surface area contributed by atoms with Crippen LogP contribution in [0.2, 0.25) is 0 Å². The summed E-state index contributed by atoms with van der Waals surface area (Å²) in [6.07, 6.45) is 3.91. The van der Waals surface area contributed by atoms with Gasteiger partial charge in [0.2, 0.25) is 0 Å². The van der Waals surface area contributed by atoms with E-state index in [1.54, 1.807) is 18.4 Å². The van der Waals surface area contributed by atoms with Crippen molar-refractivity contribution in [3.63, 3.8) is 0 Å². The second-order valence-corrected chi connectivity index (χ2v) is 5.17. The molecule has 0 saturated carbocycles. The van der Waals surface area contributed by atoms with Gasteiger partial charge in [-0.3, -0.25) is 0 Å². The van der Waals surface area contributed by atoms with E-state index in [0.717, 1.165) is 19.4 Å². The average molecular weight is 284 g/mol. The minimum atomic E-state index is -0.341. The Kier molecular flexibility index (Phi) is 5.04. The highest BCUT2D eigenvalue weighted by Gasteiger charge is 2.16. The fourth-order valence-electron chi connectivity index (χ4n) is 1.93. The van der Waals surface area contributed by atoms with Crippen molar-refractivity contribution in [2.75, 3.05) is 24.7 Å². The van der Waals surface area contributed by atoms with Gasteiger partial charge in [0.25, 0.3) is 0 Å². The van der Waals surface area contributed by atoms with E-state index in [9.17, 15) is 9.18 Å². The quantitative estimate of drug-likeness (QED) is 0.836. The van der Waals surface area contributed by atoms with E-state index in [2.05, 4.69) is 10.6 Å². The number of halogens is 1. The smallest absolute Gasteiger partial charge is 0.319 e. The Bertz CT molecular complexity index is 450. The lowest BCUT2D eigenvalue weighted by Crippen LogP contribution is -2.35. The third-order valence-electron chi connectivity index (χ3n) is 2.92. The highest BCUT2D eigenvalue weighted by molar-refractivity contribution is 7.98. The van der Waals surface area contributed by atoms with E-state index in [1.807, 2.05) is 0 Å². The van der Waals surface area contributed by atoms with Gasteiger partial charge >= 0.3 is 6.03 Å². The number of hydrogen-bond acceptors (Lipinski definition) is 3. The fourth-order valence-corrected chi connectivity index (χ4v) is 2.39. The largest absolute Gasteiger partial charge is 0.376 e. The van der Waals surface area contributed by atoms with Crippen LogP contribution in [0.5, 0.6) is 0 Å². The van der Waals surface area contributed by atoms with Crippen molar-refractivity contribution in [2.24, 2.45) is 0 Å². The Morgan fingerprint density at radius 3 is 3.05 bits per heavy atom. The predicted molar refractivity (Wildman–Crippen MR) is 74.2 cm³/mol. The third kappa shape index (κ3) is 4.11. The molecule has 2 amide bonds. The molecular formula is C13H17FN2O2S. The molecule has 0 aliphatic carbocycles. The van der Waals surface area contributed by atoms with Crippen LogP contribution < -0.4 is 10.6 Å². The third-order valence-corrected chi connectivity index (χ3v) is 3.69. The lowest BCUT2D eigenvalue weighted by atomic mass is 10.2. The van der Waals surface area contributed by atoms with Gasteiger partial charge in [-0.2, -0.15) is 0 Å². The summed E-state index contributed by atoms with van der Waals surface area (Å²) in [4.78, 5) is 12.2. The van der Waals surface area contributed by atoms with Crippen LogP contribution in [0.4, 0.5) is 14.9 Å². The number of hydrogen-bond donors (Lipinski definition) is 2. The number of anilines is 1. The normalized spacial score (nSPS) is 18.3. The molecule has 1 aromatic rings. The first kappa shape index (κ1) is 14.1. The molecule has 1 saturated heterocycles. The summed E-state index contributed by atoms with van der Waals surface area (Å²) in [5.74, 6) is -0.329. The van der Waals surface area contributed by atoms with Crippen molar-refractivity contribution >= 4 is 23.5 Å². The van der Waals surface area contributed by atoms with Crippen LogP contribution in [0.15, 0.2) is 23.1 Å². The topological polar surface area (TPSA) is 50.4 Å². The molecule has 6 heteroatoms. The van der Waals surface area contributed by atoms with Gasteiger partial charge in [-0.05, 0) is 37.3 Å². The molecule has 104 valence electrons. The number of ether oxygens (including phenoxy) is 1. The first-order valence-corrected chi connectivity index (χ1v) is 7.41. The average Bonchev–Trinajstić information content (AvgIpc) is 2.90. The SMILES string of the molecule is CSc1ccc(NC(=O)NC[C@@H]2CCCO2)cc1F. The molecule has 1 fully saturated rings. The van der Waals surface area contributed by atoms with Crippen molar-refractivity contribution < 1.29 is 13.9 Å². The number of rotatable bonds is 4. The highest BCUT2D eigenvalue weighted by Crippen LogP contribution is 2.22. The van der Waals surface area contributed by atoms with E-state index >= 15 is 0 Å². The number of urea groups is 1. The Hall–Kier alpha value is -1.27. The van der Waals surface area contributed by atoms with E-state index in [0.29, 0.717) is 17.1 Å². The van der Waals surface area contributed by atoms with Crippen LogP contribution in [-0.2, 0) is 4.74 Å². The Labute approximate surface area is 116 Å². The zero-order valence-corrected chi connectivity index (χ0v) is 11.6. The molecule has 1 aliphatic rings.